The van der Waals surface area contributed by atoms with Gasteiger partial charge in [0.2, 0.25) is 0 Å². The molecule has 146 valence electrons. The molecular weight excluding hydrogens is 385 g/mol. The van der Waals surface area contributed by atoms with Crippen LogP contribution >= 0.6 is 11.6 Å². The lowest BCUT2D eigenvalue weighted by atomic mass is 10.1. The van der Waals surface area contributed by atoms with Crippen LogP contribution in [0.2, 0.25) is 5.02 Å². The second-order valence-corrected chi connectivity index (χ2v) is 6.84. The lowest BCUT2D eigenvalue weighted by Crippen LogP contribution is -2.28. The molecule has 0 radical (unpaired) electrons. The molecule has 6 nitrogen and oxygen atoms in total. The van der Waals surface area contributed by atoms with E-state index in [4.69, 9.17) is 25.8 Å². The topological polar surface area (TPSA) is 65.5 Å². The summed E-state index contributed by atoms with van der Waals surface area (Å²) in [5, 5.41) is 3.96. The van der Waals surface area contributed by atoms with E-state index in [1.165, 1.54) is 18.5 Å². The zero-order valence-electron chi connectivity index (χ0n) is 15.0. The van der Waals surface area contributed by atoms with Crippen LogP contribution in [0.5, 0.6) is 11.5 Å². The number of benzene rings is 2. The van der Waals surface area contributed by atoms with Crippen molar-refractivity contribution in [3.8, 4) is 11.5 Å². The van der Waals surface area contributed by atoms with E-state index in [0.29, 0.717) is 23.8 Å². The van der Waals surface area contributed by atoms with Crippen LogP contribution in [0, 0.1) is 5.82 Å². The Labute approximate surface area is 166 Å². The molecule has 2 heterocycles. The summed E-state index contributed by atoms with van der Waals surface area (Å²) in [5.74, 6) is 0.696. The quantitative estimate of drug-likeness (QED) is 0.614. The number of fused-ring (bicyclic) bond motifs is 1. The maximum Gasteiger partial charge on any atom is 0.166 e. The van der Waals surface area contributed by atoms with Crippen molar-refractivity contribution in [3.63, 3.8) is 0 Å². The Bertz CT molecular complexity index is 967. The first kappa shape index (κ1) is 18.7. The summed E-state index contributed by atoms with van der Waals surface area (Å²) in [6.45, 7) is 1.46. The molecular formula is C20H19ClFN3O3. The molecule has 28 heavy (non-hydrogen) atoms. The van der Waals surface area contributed by atoms with Crippen LogP contribution in [-0.2, 0) is 4.74 Å². The number of hydrogen-bond donors (Lipinski definition) is 1. The second kappa shape index (κ2) is 8.58. The maximum absolute atomic E-state index is 13.3. The van der Waals surface area contributed by atoms with Crippen LogP contribution in [0.1, 0.15) is 12.8 Å². The van der Waals surface area contributed by atoms with Crippen molar-refractivity contribution in [2.24, 2.45) is 0 Å². The number of aromatic nitrogens is 2. The van der Waals surface area contributed by atoms with E-state index in [9.17, 15) is 4.39 Å². The summed E-state index contributed by atoms with van der Waals surface area (Å²) in [5.41, 5.74) is 1.40. The summed E-state index contributed by atoms with van der Waals surface area (Å²) >= 11 is 5.81. The molecule has 1 fully saturated rings. The second-order valence-electron chi connectivity index (χ2n) is 6.43. The van der Waals surface area contributed by atoms with Gasteiger partial charge in [-0.25, -0.2) is 14.4 Å². The van der Waals surface area contributed by atoms with Gasteiger partial charge in [-0.05, 0) is 37.1 Å². The van der Waals surface area contributed by atoms with Gasteiger partial charge >= 0.3 is 0 Å². The zero-order valence-corrected chi connectivity index (χ0v) is 15.8. The Kier molecular flexibility index (Phi) is 5.73. The number of nitrogens with zero attached hydrogens (tertiary/aromatic N) is 2. The first-order valence-electron chi connectivity index (χ1n) is 8.99. The van der Waals surface area contributed by atoms with Crippen molar-refractivity contribution in [2.45, 2.75) is 18.9 Å². The fourth-order valence-electron chi connectivity index (χ4n) is 2.98. The Morgan fingerprint density at radius 3 is 3.00 bits per heavy atom. The molecule has 2 aromatic carbocycles. The van der Waals surface area contributed by atoms with E-state index in [0.717, 1.165) is 30.4 Å². The molecule has 1 aromatic heterocycles. The van der Waals surface area contributed by atoms with Gasteiger partial charge in [0.25, 0.3) is 0 Å². The Hall–Kier alpha value is -2.64. The van der Waals surface area contributed by atoms with Gasteiger partial charge in [0.1, 0.15) is 18.2 Å². The molecule has 1 saturated heterocycles. The molecule has 3 aromatic rings. The van der Waals surface area contributed by atoms with Crippen molar-refractivity contribution in [1.82, 2.24) is 9.97 Å². The van der Waals surface area contributed by atoms with Crippen LogP contribution in [-0.4, -0.2) is 36.0 Å². The van der Waals surface area contributed by atoms with Crippen LogP contribution in [0.15, 0.2) is 42.9 Å². The van der Waals surface area contributed by atoms with E-state index >= 15 is 0 Å². The van der Waals surface area contributed by atoms with Crippen molar-refractivity contribution in [3.05, 3.63) is 53.7 Å². The number of ether oxygens (including phenoxy) is 3. The van der Waals surface area contributed by atoms with E-state index in [1.54, 1.807) is 12.3 Å². The summed E-state index contributed by atoms with van der Waals surface area (Å²) in [7, 11) is 0. The minimum absolute atomic E-state index is 0.0259. The molecule has 1 aliphatic rings. The molecule has 4 rings (SSSR count). The summed E-state index contributed by atoms with van der Waals surface area (Å²) < 4.78 is 30.8. The van der Waals surface area contributed by atoms with Gasteiger partial charge in [0.15, 0.2) is 18.2 Å². The number of hydrogen-bond acceptors (Lipinski definition) is 6. The lowest BCUT2D eigenvalue weighted by molar-refractivity contribution is 0.00633. The normalized spacial score (nSPS) is 16.7. The minimum atomic E-state index is -0.465. The molecule has 0 bridgehead atoms. The summed E-state index contributed by atoms with van der Waals surface area (Å²) in [6.07, 6.45) is 5.08. The standard InChI is InChI=1S/C20H19ClFN3O3/c21-16-7-14(3-4-17(16)22)25-12-27-19-8-18-13(9-23-11-24-18)6-20(19)28-15-2-1-5-26-10-15/h3-4,6-9,11,15,25H,1-2,5,10,12H2. The van der Waals surface area contributed by atoms with Gasteiger partial charge in [-0.15, -0.1) is 0 Å². The average Bonchev–Trinajstić information content (AvgIpc) is 2.72. The summed E-state index contributed by atoms with van der Waals surface area (Å²) in [6, 6.07) is 8.08. The van der Waals surface area contributed by atoms with Gasteiger partial charge in [-0.1, -0.05) is 11.6 Å². The molecule has 0 saturated carbocycles. The van der Waals surface area contributed by atoms with Gasteiger partial charge < -0.3 is 19.5 Å². The number of rotatable bonds is 6. The Morgan fingerprint density at radius 1 is 1.25 bits per heavy atom. The Balaban J connectivity index is 1.51. The van der Waals surface area contributed by atoms with Crippen molar-refractivity contribution < 1.29 is 18.6 Å². The molecule has 8 heteroatoms. The lowest BCUT2D eigenvalue weighted by Gasteiger charge is -2.24. The monoisotopic (exact) mass is 403 g/mol. The first-order chi connectivity index (χ1) is 13.7. The van der Waals surface area contributed by atoms with Gasteiger partial charge in [0, 0.05) is 29.9 Å². The third kappa shape index (κ3) is 4.43. The van der Waals surface area contributed by atoms with E-state index in [1.807, 2.05) is 12.1 Å². The fourth-order valence-corrected chi connectivity index (χ4v) is 3.16. The van der Waals surface area contributed by atoms with Crippen LogP contribution < -0.4 is 14.8 Å². The molecule has 0 spiro atoms. The predicted octanol–water partition coefficient (Wildman–Crippen LogP) is 4.43. The van der Waals surface area contributed by atoms with Crippen molar-refractivity contribution >= 4 is 28.2 Å². The highest BCUT2D eigenvalue weighted by Crippen LogP contribution is 2.33. The van der Waals surface area contributed by atoms with Crippen LogP contribution in [0.4, 0.5) is 10.1 Å². The average molecular weight is 404 g/mol. The highest BCUT2D eigenvalue weighted by molar-refractivity contribution is 6.31. The van der Waals surface area contributed by atoms with Crippen LogP contribution in [0.25, 0.3) is 10.9 Å². The van der Waals surface area contributed by atoms with E-state index in [-0.39, 0.29) is 17.9 Å². The molecule has 1 N–H and O–H groups in total. The van der Waals surface area contributed by atoms with E-state index in [2.05, 4.69) is 15.3 Å². The Morgan fingerprint density at radius 2 is 2.18 bits per heavy atom. The van der Waals surface area contributed by atoms with Crippen molar-refractivity contribution in [2.75, 3.05) is 25.3 Å². The molecule has 1 aliphatic heterocycles. The minimum Gasteiger partial charge on any atom is -0.484 e. The zero-order chi connectivity index (χ0) is 19.3. The highest BCUT2D eigenvalue weighted by atomic mass is 35.5. The molecule has 1 unspecified atom stereocenters. The number of halogens is 2. The first-order valence-corrected chi connectivity index (χ1v) is 9.37. The SMILES string of the molecule is Fc1ccc(NCOc2cc3ncncc3cc2OC2CCCOC2)cc1Cl. The molecule has 0 aliphatic carbocycles. The van der Waals surface area contributed by atoms with Crippen LogP contribution in [0.3, 0.4) is 0 Å². The van der Waals surface area contributed by atoms with E-state index < -0.39 is 5.82 Å². The predicted molar refractivity (Wildman–Crippen MR) is 105 cm³/mol. The fraction of sp³-hybridized carbons (Fsp3) is 0.300. The van der Waals surface area contributed by atoms with Gasteiger partial charge in [-0.2, -0.15) is 0 Å². The van der Waals surface area contributed by atoms with Gasteiger partial charge in [-0.3, -0.25) is 0 Å². The highest BCUT2D eigenvalue weighted by Gasteiger charge is 2.18. The smallest absolute Gasteiger partial charge is 0.166 e. The molecule has 0 amide bonds. The number of anilines is 1. The third-order valence-corrected chi connectivity index (χ3v) is 4.70. The molecule has 1 atom stereocenters. The maximum atomic E-state index is 13.3. The summed E-state index contributed by atoms with van der Waals surface area (Å²) in [4.78, 5) is 8.33. The third-order valence-electron chi connectivity index (χ3n) is 4.41. The number of nitrogens with one attached hydrogen (secondary N) is 1. The largest absolute Gasteiger partial charge is 0.484 e. The van der Waals surface area contributed by atoms with Crippen molar-refractivity contribution in [1.29, 1.82) is 0 Å². The van der Waals surface area contributed by atoms with Gasteiger partial charge in [0.05, 0.1) is 17.1 Å².